The minimum Gasteiger partial charge on any atom is -0.445 e. The smallest absolute Gasteiger partial charge is 0.410 e. The van der Waals surface area contributed by atoms with Crippen molar-refractivity contribution in [3.05, 3.63) is 35.9 Å². The van der Waals surface area contributed by atoms with Gasteiger partial charge in [0.25, 0.3) is 0 Å². The largest absolute Gasteiger partial charge is 0.445 e. The van der Waals surface area contributed by atoms with E-state index in [-0.39, 0.29) is 18.6 Å². The van der Waals surface area contributed by atoms with E-state index >= 15 is 0 Å². The second-order valence-electron chi connectivity index (χ2n) is 5.76. The Labute approximate surface area is 130 Å². The lowest BCUT2D eigenvalue weighted by molar-refractivity contribution is -0.145. The number of ether oxygens (including phenoxy) is 1. The Kier molecular flexibility index (Phi) is 4.29. The number of hydrogen-bond donors (Lipinski definition) is 1. The number of benzene rings is 1. The Balaban J connectivity index is 1.63. The van der Waals surface area contributed by atoms with E-state index in [0.717, 1.165) is 18.7 Å². The topological polar surface area (TPSA) is 61.9 Å². The van der Waals surface area contributed by atoms with Crippen LogP contribution in [-0.2, 0) is 16.1 Å². The standard InChI is InChI=1S/C16H21N3O3/c1-12-15(20)18-8-7-17-9-14(18)10-19(12)16(21)22-11-13-5-3-2-4-6-13/h2-6,12,14,17H,7-11H2,1H3/t12-,14-/m1/s1. The van der Waals surface area contributed by atoms with Crippen LogP contribution < -0.4 is 5.32 Å². The van der Waals surface area contributed by atoms with Crippen molar-refractivity contribution in [1.82, 2.24) is 15.1 Å². The van der Waals surface area contributed by atoms with Gasteiger partial charge in [0, 0.05) is 26.2 Å². The van der Waals surface area contributed by atoms with E-state index in [4.69, 9.17) is 4.74 Å². The first-order valence-corrected chi connectivity index (χ1v) is 7.65. The van der Waals surface area contributed by atoms with Crippen LogP contribution in [0.25, 0.3) is 0 Å². The monoisotopic (exact) mass is 303 g/mol. The number of nitrogens with one attached hydrogen (secondary N) is 1. The lowest BCUT2D eigenvalue weighted by Gasteiger charge is -2.46. The lowest BCUT2D eigenvalue weighted by atomic mass is 10.1. The summed E-state index contributed by atoms with van der Waals surface area (Å²) in [5.41, 5.74) is 0.938. The molecule has 2 heterocycles. The van der Waals surface area contributed by atoms with E-state index in [1.54, 1.807) is 11.8 Å². The summed E-state index contributed by atoms with van der Waals surface area (Å²) in [6, 6.07) is 9.13. The summed E-state index contributed by atoms with van der Waals surface area (Å²) in [7, 11) is 0. The Hall–Kier alpha value is -2.08. The molecule has 2 amide bonds. The predicted molar refractivity (Wildman–Crippen MR) is 81.2 cm³/mol. The van der Waals surface area contributed by atoms with Gasteiger partial charge in [-0.1, -0.05) is 30.3 Å². The maximum Gasteiger partial charge on any atom is 0.410 e. The molecule has 6 nitrogen and oxygen atoms in total. The Morgan fingerprint density at radius 3 is 2.91 bits per heavy atom. The maximum absolute atomic E-state index is 12.4. The lowest BCUT2D eigenvalue weighted by Crippen LogP contribution is -2.67. The van der Waals surface area contributed by atoms with Crippen molar-refractivity contribution in [2.75, 3.05) is 26.2 Å². The molecule has 2 aliphatic rings. The van der Waals surface area contributed by atoms with Crippen LogP contribution in [0.15, 0.2) is 30.3 Å². The van der Waals surface area contributed by atoms with Gasteiger partial charge >= 0.3 is 6.09 Å². The fraction of sp³-hybridized carbons (Fsp3) is 0.500. The van der Waals surface area contributed by atoms with Crippen LogP contribution in [0.5, 0.6) is 0 Å². The average molecular weight is 303 g/mol. The molecule has 118 valence electrons. The van der Waals surface area contributed by atoms with Gasteiger partial charge in [0.05, 0.1) is 6.04 Å². The number of carbonyl (C=O) groups excluding carboxylic acids is 2. The summed E-state index contributed by atoms with van der Waals surface area (Å²) in [4.78, 5) is 28.1. The summed E-state index contributed by atoms with van der Waals surface area (Å²) < 4.78 is 5.36. The van der Waals surface area contributed by atoms with Crippen molar-refractivity contribution < 1.29 is 14.3 Å². The summed E-state index contributed by atoms with van der Waals surface area (Å²) in [6.45, 7) is 4.76. The zero-order valence-corrected chi connectivity index (χ0v) is 12.7. The van der Waals surface area contributed by atoms with Crippen LogP contribution in [-0.4, -0.2) is 60.1 Å². The van der Waals surface area contributed by atoms with Crippen LogP contribution in [0.3, 0.4) is 0 Å². The summed E-state index contributed by atoms with van der Waals surface area (Å²) in [6.07, 6.45) is -0.421. The van der Waals surface area contributed by atoms with E-state index in [1.807, 2.05) is 35.2 Å². The average Bonchev–Trinajstić information content (AvgIpc) is 2.57. The van der Waals surface area contributed by atoms with E-state index in [9.17, 15) is 9.59 Å². The first-order valence-electron chi connectivity index (χ1n) is 7.65. The first kappa shape index (κ1) is 14.8. The van der Waals surface area contributed by atoms with Gasteiger partial charge in [-0.2, -0.15) is 0 Å². The number of fused-ring (bicyclic) bond motifs is 1. The van der Waals surface area contributed by atoms with Gasteiger partial charge in [0.1, 0.15) is 12.6 Å². The molecule has 0 aromatic heterocycles. The first-order chi connectivity index (χ1) is 10.7. The molecule has 1 aromatic rings. The van der Waals surface area contributed by atoms with Crippen molar-refractivity contribution in [3.8, 4) is 0 Å². The molecule has 0 bridgehead atoms. The third-order valence-corrected chi connectivity index (χ3v) is 4.31. The summed E-state index contributed by atoms with van der Waals surface area (Å²) >= 11 is 0. The fourth-order valence-electron chi connectivity index (χ4n) is 3.01. The number of piperazine rings is 2. The summed E-state index contributed by atoms with van der Waals surface area (Å²) in [5.74, 6) is 0.00871. The van der Waals surface area contributed by atoms with Gasteiger partial charge in [-0.3, -0.25) is 9.69 Å². The van der Waals surface area contributed by atoms with Crippen LogP contribution in [0.2, 0.25) is 0 Å². The Morgan fingerprint density at radius 1 is 1.36 bits per heavy atom. The Morgan fingerprint density at radius 2 is 2.14 bits per heavy atom. The highest BCUT2D eigenvalue weighted by Crippen LogP contribution is 2.19. The van der Waals surface area contributed by atoms with Crippen LogP contribution >= 0.6 is 0 Å². The molecule has 2 fully saturated rings. The van der Waals surface area contributed by atoms with Gasteiger partial charge in [-0.25, -0.2) is 4.79 Å². The number of rotatable bonds is 2. The van der Waals surface area contributed by atoms with Crippen molar-refractivity contribution in [1.29, 1.82) is 0 Å². The number of carbonyl (C=O) groups is 2. The van der Waals surface area contributed by atoms with E-state index in [2.05, 4.69) is 5.32 Å². The second-order valence-corrected chi connectivity index (χ2v) is 5.76. The molecule has 6 heteroatoms. The molecule has 1 aromatic carbocycles. The van der Waals surface area contributed by atoms with Gasteiger partial charge in [0.15, 0.2) is 0 Å². The van der Waals surface area contributed by atoms with E-state index < -0.39 is 12.1 Å². The van der Waals surface area contributed by atoms with Crippen LogP contribution in [0.4, 0.5) is 4.79 Å². The maximum atomic E-state index is 12.4. The number of amides is 2. The van der Waals surface area contributed by atoms with Gasteiger partial charge in [-0.15, -0.1) is 0 Å². The molecule has 0 radical (unpaired) electrons. The molecule has 3 rings (SSSR count). The van der Waals surface area contributed by atoms with Crippen molar-refractivity contribution in [2.45, 2.75) is 25.6 Å². The zero-order chi connectivity index (χ0) is 15.5. The van der Waals surface area contributed by atoms with Crippen LogP contribution in [0, 0.1) is 0 Å². The van der Waals surface area contributed by atoms with Gasteiger partial charge < -0.3 is 15.0 Å². The number of nitrogens with zero attached hydrogens (tertiary/aromatic N) is 2. The number of hydrogen-bond acceptors (Lipinski definition) is 4. The Bertz CT molecular complexity index is 549. The molecule has 22 heavy (non-hydrogen) atoms. The van der Waals surface area contributed by atoms with Crippen molar-refractivity contribution in [3.63, 3.8) is 0 Å². The predicted octanol–water partition coefficient (Wildman–Crippen LogP) is 0.828. The third-order valence-electron chi connectivity index (χ3n) is 4.31. The van der Waals surface area contributed by atoms with E-state index in [0.29, 0.717) is 13.1 Å². The van der Waals surface area contributed by atoms with Crippen LogP contribution in [0.1, 0.15) is 12.5 Å². The molecule has 0 saturated carbocycles. The fourth-order valence-corrected chi connectivity index (χ4v) is 3.01. The zero-order valence-electron chi connectivity index (χ0n) is 12.7. The normalized spacial score (nSPS) is 24.9. The third kappa shape index (κ3) is 2.92. The minimum atomic E-state index is -0.461. The minimum absolute atomic E-state index is 0.00871. The molecule has 1 N–H and O–H groups in total. The van der Waals surface area contributed by atoms with Crippen molar-refractivity contribution in [2.24, 2.45) is 0 Å². The SMILES string of the molecule is C[C@@H]1C(=O)N2CCNC[C@@H]2CN1C(=O)OCc1ccccc1. The summed E-state index contributed by atoms with van der Waals surface area (Å²) in [5, 5.41) is 3.26. The highest BCUT2D eigenvalue weighted by molar-refractivity contribution is 5.87. The van der Waals surface area contributed by atoms with Gasteiger partial charge in [0.2, 0.25) is 5.91 Å². The molecule has 0 spiro atoms. The molecule has 2 atom stereocenters. The van der Waals surface area contributed by atoms with E-state index in [1.165, 1.54) is 0 Å². The molecule has 2 aliphatic heterocycles. The molecule has 2 saturated heterocycles. The van der Waals surface area contributed by atoms with Crippen molar-refractivity contribution >= 4 is 12.0 Å². The molecule has 0 aliphatic carbocycles. The molecular weight excluding hydrogens is 282 g/mol. The quantitative estimate of drug-likeness (QED) is 0.879. The molecule has 0 unspecified atom stereocenters. The molecular formula is C16H21N3O3. The van der Waals surface area contributed by atoms with Gasteiger partial charge in [-0.05, 0) is 12.5 Å². The second kappa shape index (κ2) is 6.36. The highest BCUT2D eigenvalue weighted by atomic mass is 16.6. The highest BCUT2D eigenvalue weighted by Gasteiger charge is 2.41.